The van der Waals surface area contributed by atoms with Crippen LogP contribution in [0.5, 0.6) is 0 Å². The van der Waals surface area contributed by atoms with Crippen LogP contribution in [0.1, 0.15) is 19.8 Å². The molecule has 0 aromatic carbocycles. The molecule has 72 valence electrons. The normalized spacial score (nSPS) is 22.5. The molecule has 0 aromatic heterocycles. The van der Waals surface area contributed by atoms with Gasteiger partial charge in [0.25, 0.3) is 0 Å². The van der Waals surface area contributed by atoms with Crippen molar-refractivity contribution in [2.45, 2.75) is 19.8 Å². The number of rotatable bonds is 4. The highest BCUT2D eigenvalue weighted by atomic mass is 79.9. The third kappa shape index (κ3) is 2.71. The van der Waals surface area contributed by atoms with Gasteiger partial charge in [-0.2, -0.15) is 0 Å². The summed E-state index contributed by atoms with van der Waals surface area (Å²) in [5.74, 6) is 0. The maximum atomic E-state index is 5.48. The van der Waals surface area contributed by atoms with Crippen LogP contribution in [-0.4, -0.2) is 31.8 Å². The minimum atomic E-state index is 0.342. The monoisotopic (exact) mass is 236 g/mol. The zero-order valence-corrected chi connectivity index (χ0v) is 9.23. The van der Waals surface area contributed by atoms with Crippen molar-refractivity contribution in [2.24, 2.45) is 5.41 Å². The van der Waals surface area contributed by atoms with Crippen LogP contribution in [0.25, 0.3) is 0 Å². The van der Waals surface area contributed by atoms with Crippen molar-refractivity contribution in [3.05, 3.63) is 0 Å². The van der Waals surface area contributed by atoms with Gasteiger partial charge in [-0.3, -0.25) is 0 Å². The van der Waals surface area contributed by atoms with E-state index in [1.807, 2.05) is 6.92 Å². The average Bonchev–Trinajstić information content (AvgIpc) is 2.16. The van der Waals surface area contributed by atoms with Gasteiger partial charge in [-0.05, 0) is 19.8 Å². The molecule has 1 aliphatic rings. The van der Waals surface area contributed by atoms with Crippen LogP contribution < -0.4 is 0 Å². The zero-order chi connectivity index (χ0) is 8.86. The third-order valence-electron chi connectivity index (χ3n) is 2.45. The molecule has 0 atom stereocenters. The first-order chi connectivity index (χ1) is 5.83. The summed E-state index contributed by atoms with van der Waals surface area (Å²) < 4.78 is 10.8. The van der Waals surface area contributed by atoms with Crippen molar-refractivity contribution >= 4 is 15.9 Å². The van der Waals surface area contributed by atoms with Gasteiger partial charge in [0.2, 0.25) is 0 Å². The first kappa shape index (κ1) is 10.5. The maximum absolute atomic E-state index is 5.48. The molecule has 1 rings (SSSR count). The number of hydrogen-bond acceptors (Lipinski definition) is 2. The van der Waals surface area contributed by atoms with E-state index in [4.69, 9.17) is 9.47 Å². The maximum Gasteiger partial charge on any atom is 0.0532 e. The molecule has 3 heteroatoms. The second kappa shape index (κ2) is 5.20. The molecule has 0 N–H and O–H groups in total. The standard InChI is InChI=1S/C9H17BrO2/c1-2-11-8-9(7-10)3-5-12-6-4-9/h2-8H2,1H3. The molecule has 0 bridgehead atoms. The van der Waals surface area contributed by atoms with E-state index in [0.29, 0.717) is 5.41 Å². The fourth-order valence-corrected chi connectivity index (χ4v) is 2.16. The second-order valence-electron chi connectivity index (χ2n) is 3.38. The van der Waals surface area contributed by atoms with E-state index in [-0.39, 0.29) is 0 Å². The van der Waals surface area contributed by atoms with Gasteiger partial charge in [0.15, 0.2) is 0 Å². The van der Waals surface area contributed by atoms with Crippen LogP contribution in [0.15, 0.2) is 0 Å². The number of hydrogen-bond donors (Lipinski definition) is 0. The molecule has 0 unspecified atom stereocenters. The molecule has 0 amide bonds. The Morgan fingerprint density at radius 1 is 1.42 bits per heavy atom. The Balaban J connectivity index is 2.37. The molecule has 0 saturated carbocycles. The molecule has 0 spiro atoms. The molecule has 1 fully saturated rings. The van der Waals surface area contributed by atoms with Crippen molar-refractivity contribution in [3.8, 4) is 0 Å². The summed E-state index contributed by atoms with van der Waals surface area (Å²) in [6, 6.07) is 0. The highest BCUT2D eigenvalue weighted by Gasteiger charge is 2.31. The third-order valence-corrected chi connectivity index (χ3v) is 3.64. The van der Waals surface area contributed by atoms with Gasteiger partial charge in [-0.15, -0.1) is 0 Å². The Bertz CT molecular complexity index is 122. The van der Waals surface area contributed by atoms with E-state index in [0.717, 1.165) is 44.6 Å². The van der Waals surface area contributed by atoms with Crippen LogP contribution in [-0.2, 0) is 9.47 Å². The lowest BCUT2D eigenvalue weighted by Crippen LogP contribution is -2.35. The SMILES string of the molecule is CCOCC1(CBr)CCOCC1. The summed E-state index contributed by atoms with van der Waals surface area (Å²) in [7, 11) is 0. The van der Waals surface area contributed by atoms with E-state index in [1.54, 1.807) is 0 Å². The molecular formula is C9H17BrO2. The predicted octanol–water partition coefficient (Wildman–Crippen LogP) is 2.21. The van der Waals surface area contributed by atoms with Gasteiger partial charge < -0.3 is 9.47 Å². The highest BCUT2D eigenvalue weighted by molar-refractivity contribution is 9.09. The molecule has 0 radical (unpaired) electrons. The van der Waals surface area contributed by atoms with Gasteiger partial charge in [-0.25, -0.2) is 0 Å². The second-order valence-corrected chi connectivity index (χ2v) is 3.94. The quantitative estimate of drug-likeness (QED) is 0.698. The summed E-state index contributed by atoms with van der Waals surface area (Å²) >= 11 is 3.56. The van der Waals surface area contributed by atoms with Crippen LogP contribution in [0, 0.1) is 5.41 Å². The Morgan fingerprint density at radius 3 is 2.58 bits per heavy atom. The predicted molar refractivity (Wildman–Crippen MR) is 52.8 cm³/mol. The fraction of sp³-hybridized carbons (Fsp3) is 1.00. The van der Waals surface area contributed by atoms with Gasteiger partial charge in [0.05, 0.1) is 6.61 Å². The molecule has 12 heavy (non-hydrogen) atoms. The van der Waals surface area contributed by atoms with Crippen molar-refractivity contribution in [1.29, 1.82) is 0 Å². The Kier molecular flexibility index (Phi) is 4.54. The van der Waals surface area contributed by atoms with E-state index in [1.165, 1.54) is 0 Å². The summed E-state index contributed by atoms with van der Waals surface area (Å²) in [6.07, 6.45) is 2.25. The first-order valence-electron chi connectivity index (χ1n) is 4.54. The van der Waals surface area contributed by atoms with Crippen molar-refractivity contribution in [3.63, 3.8) is 0 Å². The van der Waals surface area contributed by atoms with Crippen LogP contribution in [0.4, 0.5) is 0 Å². The lowest BCUT2D eigenvalue weighted by Gasteiger charge is -2.35. The van der Waals surface area contributed by atoms with Gasteiger partial charge in [0.1, 0.15) is 0 Å². The average molecular weight is 237 g/mol. The lowest BCUT2D eigenvalue weighted by atomic mass is 9.83. The minimum Gasteiger partial charge on any atom is -0.381 e. The minimum absolute atomic E-state index is 0.342. The van der Waals surface area contributed by atoms with Crippen molar-refractivity contribution in [1.82, 2.24) is 0 Å². The molecule has 1 heterocycles. The highest BCUT2D eigenvalue weighted by Crippen LogP contribution is 2.32. The Hall–Kier alpha value is 0.400. The van der Waals surface area contributed by atoms with Gasteiger partial charge in [0, 0.05) is 30.6 Å². The molecule has 0 aliphatic carbocycles. The Labute approximate surface area is 82.7 Å². The van der Waals surface area contributed by atoms with Crippen LogP contribution in [0.3, 0.4) is 0 Å². The topological polar surface area (TPSA) is 18.5 Å². The lowest BCUT2D eigenvalue weighted by molar-refractivity contribution is -0.0239. The summed E-state index contributed by atoms with van der Waals surface area (Å²) in [5.41, 5.74) is 0.342. The molecule has 0 aromatic rings. The smallest absolute Gasteiger partial charge is 0.0532 e. The van der Waals surface area contributed by atoms with Crippen LogP contribution in [0.2, 0.25) is 0 Å². The van der Waals surface area contributed by atoms with Crippen LogP contribution >= 0.6 is 15.9 Å². The van der Waals surface area contributed by atoms with Crippen molar-refractivity contribution < 1.29 is 9.47 Å². The molecule has 1 saturated heterocycles. The molecule has 2 nitrogen and oxygen atoms in total. The largest absolute Gasteiger partial charge is 0.381 e. The van der Waals surface area contributed by atoms with E-state index >= 15 is 0 Å². The molecular weight excluding hydrogens is 220 g/mol. The summed E-state index contributed by atoms with van der Waals surface area (Å²) in [5, 5.41) is 1.03. The van der Waals surface area contributed by atoms with Gasteiger partial charge in [-0.1, -0.05) is 15.9 Å². The van der Waals surface area contributed by atoms with E-state index < -0.39 is 0 Å². The Morgan fingerprint density at radius 2 is 2.08 bits per heavy atom. The van der Waals surface area contributed by atoms with Gasteiger partial charge >= 0.3 is 0 Å². The zero-order valence-electron chi connectivity index (χ0n) is 7.64. The number of alkyl halides is 1. The van der Waals surface area contributed by atoms with E-state index in [9.17, 15) is 0 Å². The first-order valence-corrected chi connectivity index (χ1v) is 5.66. The van der Waals surface area contributed by atoms with E-state index in [2.05, 4.69) is 15.9 Å². The number of ether oxygens (including phenoxy) is 2. The van der Waals surface area contributed by atoms with Crippen molar-refractivity contribution in [2.75, 3.05) is 31.8 Å². The summed E-state index contributed by atoms with van der Waals surface area (Å²) in [4.78, 5) is 0. The summed E-state index contributed by atoms with van der Waals surface area (Å²) in [6.45, 7) is 5.51. The molecule has 1 aliphatic heterocycles. The number of halogens is 1. The fourth-order valence-electron chi connectivity index (χ4n) is 1.44.